The van der Waals surface area contributed by atoms with Crippen LogP contribution in [0.15, 0.2) is 36.8 Å². The molecule has 0 aliphatic carbocycles. The van der Waals surface area contributed by atoms with Crippen molar-refractivity contribution in [2.75, 3.05) is 36.0 Å². The van der Waals surface area contributed by atoms with Crippen LogP contribution in [0, 0.1) is 12.5 Å². The normalized spacial score (nSPS) is 17.3. The first-order valence-corrected chi connectivity index (χ1v) is 10.7. The van der Waals surface area contributed by atoms with E-state index in [9.17, 15) is 9.50 Å². The van der Waals surface area contributed by atoms with Gasteiger partial charge in [0.1, 0.15) is 12.2 Å². The number of nitrogens with zero attached hydrogens (tertiary/aromatic N) is 7. The Morgan fingerprint density at radius 3 is 2.50 bits per heavy atom. The zero-order valence-electron chi connectivity index (χ0n) is 17.8. The van der Waals surface area contributed by atoms with Crippen LogP contribution in [0.25, 0.3) is 16.0 Å². The fraction of sp³-hybridized carbons (Fsp3) is 0.391. The zero-order chi connectivity index (χ0) is 22.2. The van der Waals surface area contributed by atoms with Gasteiger partial charge < -0.3 is 19.5 Å². The molecule has 5 rings (SSSR count). The van der Waals surface area contributed by atoms with Crippen LogP contribution in [0.3, 0.4) is 0 Å². The molecule has 0 atom stereocenters. The van der Waals surface area contributed by atoms with Gasteiger partial charge in [-0.25, -0.2) is 9.83 Å². The molecule has 2 aliphatic heterocycles. The lowest BCUT2D eigenvalue weighted by Gasteiger charge is -2.41. The number of aromatic nitrogens is 4. The monoisotopic (exact) mass is 433 g/mol. The molecule has 164 valence electrons. The lowest BCUT2D eigenvalue weighted by molar-refractivity contribution is 0.142. The van der Waals surface area contributed by atoms with Crippen LogP contribution in [0.2, 0.25) is 0 Å². The molecule has 8 nitrogen and oxygen atoms in total. The third-order valence-electron chi connectivity index (χ3n) is 6.41. The Bertz CT molecular complexity index is 1160. The minimum absolute atomic E-state index is 0.319. The number of pyridine rings is 1. The van der Waals surface area contributed by atoms with Gasteiger partial charge in [0, 0.05) is 56.6 Å². The van der Waals surface area contributed by atoms with Gasteiger partial charge in [0.15, 0.2) is 0 Å². The number of rotatable bonds is 4. The van der Waals surface area contributed by atoms with Crippen molar-refractivity contribution in [3.8, 4) is 11.1 Å². The molecule has 0 amide bonds. The van der Waals surface area contributed by atoms with E-state index in [2.05, 4.69) is 24.9 Å². The summed E-state index contributed by atoms with van der Waals surface area (Å²) in [6, 6.07) is 6.95. The van der Waals surface area contributed by atoms with Crippen LogP contribution in [0.4, 0.5) is 21.5 Å². The molecule has 9 heteroatoms. The van der Waals surface area contributed by atoms with Crippen molar-refractivity contribution in [1.29, 1.82) is 0 Å². The highest BCUT2D eigenvalue weighted by Gasteiger charge is 2.31. The average molecular weight is 433 g/mol. The fourth-order valence-electron chi connectivity index (χ4n) is 4.70. The second-order valence-corrected chi connectivity index (χ2v) is 8.43. The van der Waals surface area contributed by atoms with Crippen LogP contribution in [0.1, 0.15) is 24.6 Å². The van der Waals surface area contributed by atoms with Gasteiger partial charge in [0.2, 0.25) is 11.6 Å². The van der Waals surface area contributed by atoms with Crippen LogP contribution in [0.5, 0.6) is 0 Å². The SMILES string of the molecule is [C-]#[N+]c1c(N2CC(O)C2)ccc(-c2ccc(F)nc2)c1N1CCC(c2nncn2C)CC1. The van der Waals surface area contributed by atoms with Crippen molar-refractivity contribution in [2.24, 2.45) is 7.05 Å². The van der Waals surface area contributed by atoms with Gasteiger partial charge in [-0.3, -0.25) is 0 Å². The lowest BCUT2D eigenvalue weighted by Crippen LogP contribution is -2.50. The number of hydrogen-bond donors (Lipinski definition) is 1. The van der Waals surface area contributed by atoms with E-state index in [0.717, 1.165) is 54.3 Å². The number of aryl methyl sites for hydroxylation is 1. The van der Waals surface area contributed by atoms with Gasteiger partial charge in [-0.15, -0.1) is 10.2 Å². The number of aliphatic hydroxyl groups is 1. The molecule has 2 aromatic heterocycles. The Kier molecular flexibility index (Phi) is 5.23. The molecule has 0 bridgehead atoms. The van der Waals surface area contributed by atoms with Crippen LogP contribution < -0.4 is 9.80 Å². The van der Waals surface area contributed by atoms with Crippen LogP contribution >= 0.6 is 0 Å². The third-order valence-corrected chi connectivity index (χ3v) is 6.41. The third kappa shape index (κ3) is 3.56. The maximum Gasteiger partial charge on any atom is 0.232 e. The number of halogens is 1. The summed E-state index contributed by atoms with van der Waals surface area (Å²) in [6.07, 6.45) is 4.68. The van der Waals surface area contributed by atoms with E-state index in [1.54, 1.807) is 12.4 Å². The Hall–Kier alpha value is -3.51. The van der Waals surface area contributed by atoms with Crippen molar-refractivity contribution in [3.63, 3.8) is 0 Å². The van der Waals surface area contributed by atoms with E-state index in [1.807, 2.05) is 28.6 Å². The predicted molar refractivity (Wildman–Crippen MR) is 119 cm³/mol. The summed E-state index contributed by atoms with van der Waals surface area (Å²) in [7, 11) is 1.96. The molecule has 4 heterocycles. The second kappa shape index (κ2) is 8.20. The number of aliphatic hydroxyl groups excluding tert-OH is 1. The Labute approximate surface area is 185 Å². The van der Waals surface area contributed by atoms with E-state index in [1.165, 1.54) is 12.3 Å². The first kappa shape index (κ1) is 20.4. The van der Waals surface area contributed by atoms with Crippen molar-refractivity contribution in [3.05, 3.63) is 60.0 Å². The van der Waals surface area contributed by atoms with Crippen molar-refractivity contribution in [1.82, 2.24) is 19.7 Å². The summed E-state index contributed by atoms with van der Waals surface area (Å²) in [4.78, 5) is 12.0. The largest absolute Gasteiger partial charge is 0.389 e. The standard InChI is InChI=1S/C23H24FN7O/c1-25-21-19(31-12-17(32)13-31)5-4-18(16-3-6-20(24)26-11-16)22(21)30-9-7-15(8-10-30)23-28-27-14-29(23)2/h3-6,11,14-15,17,32H,7-10,12-13H2,2H3. The lowest BCUT2D eigenvalue weighted by atomic mass is 9.93. The topological polar surface area (TPSA) is 74.7 Å². The quantitative estimate of drug-likeness (QED) is 0.503. The van der Waals surface area contributed by atoms with Crippen molar-refractivity contribution < 1.29 is 9.50 Å². The summed E-state index contributed by atoms with van der Waals surface area (Å²) in [5.41, 5.74) is 3.89. The Morgan fingerprint density at radius 2 is 1.91 bits per heavy atom. The number of β-amino-alcohol motifs (C(OH)–C–C–N with tert-alkyl or cyclic N) is 1. The maximum absolute atomic E-state index is 13.5. The maximum atomic E-state index is 13.5. The molecule has 2 aliphatic rings. The zero-order valence-corrected chi connectivity index (χ0v) is 17.8. The molecule has 1 N–H and O–H groups in total. The van der Waals surface area contributed by atoms with Gasteiger partial charge in [-0.1, -0.05) is 6.07 Å². The molecule has 1 aromatic carbocycles. The molecule has 0 unspecified atom stereocenters. The van der Waals surface area contributed by atoms with E-state index < -0.39 is 5.95 Å². The van der Waals surface area contributed by atoms with E-state index in [4.69, 9.17) is 6.57 Å². The number of piperidine rings is 1. The van der Waals surface area contributed by atoms with Gasteiger partial charge >= 0.3 is 0 Å². The molecular formula is C23H24FN7O. The van der Waals surface area contributed by atoms with Crippen molar-refractivity contribution in [2.45, 2.75) is 24.9 Å². The first-order valence-electron chi connectivity index (χ1n) is 10.7. The van der Waals surface area contributed by atoms with Gasteiger partial charge in [-0.2, -0.15) is 4.39 Å². The molecule has 0 radical (unpaired) electrons. The highest BCUT2D eigenvalue weighted by molar-refractivity contribution is 5.95. The summed E-state index contributed by atoms with van der Waals surface area (Å²) in [5.74, 6) is 0.775. The van der Waals surface area contributed by atoms with Crippen LogP contribution in [-0.4, -0.2) is 57.1 Å². The van der Waals surface area contributed by atoms with Crippen LogP contribution in [-0.2, 0) is 7.05 Å². The summed E-state index contributed by atoms with van der Waals surface area (Å²) >= 11 is 0. The van der Waals surface area contributed by atoms with E-state index >= 15 is 0 Å². The number of anilines is 2. The van der Waals surface area contributed by atoms with Crippen molar-refractivity contribution >= 4 is 17.1 Å². The Balaban J connectivity index is 1.53. The molecule has 0 spiro atoms. The predicted octanol–water partition coefficient (Wildman–Crippen LogP) is 3.13. The molecule has 32 heavy (non-hydrogen) atoms. The molecule has 3 aromatic rings. The summed E-state index contributed by atoms with van der Waals surface area (Å²) in [6.45, 7) is 10.6. The van der Waals surface area contributed by atoms with Gasteiger partial charge in [-0.05, 0) is 36.6 Å². The van der Waals surface area contributed by atoms with E-state index in [0.29, 0.717) is 24.7 Å². The van der Waals surface area contributed by atoms with Gasteiger partial charge in [0.05, 0.1) is 18.4 Å². The molecule has 0 saturated carbocycles. The smallest absolute Gasteiger partial charge is 0.232 e. The summed E-state index contributed by atoms with van der Waals surface area (Å²) in [5, 5.41) is 18.1. The molecule has 2 saturated heterocycles. The second-order valence-electron chi connectivity index (χ2n) is 8.43. The fourth-order valence-corrected chi connectivity index (χ4v) is 4.70. The van der Waals surface area contributed by atoms with Gasteiger partial charge in [0.25, 0.3) is 0 Å². The molecule has 2 fully saturated rings. The minimum Gasteiger partial charge on any atom is -0.389 e. The highest BCUT2D eigenvalue weighted by Crippen LogP contribution is 2.47. The van der Waals surface area contributed by atoms with E-state index in [-0.39, 0.29) is 6.10 Å². The number of hydrogen-bond acceptors (Lipinski definition) is 6. The number of benzene rings is 1. The first-order chi connectivity index (χ1) is 15.5. The summed E-state index contributed by atoms with van der Waals surface area (Å²) < 4.78 is 15.4. The minimum atomic E-state index is -0.531. The Morgan fingerprint density at radius 1 is 1.12 bits per heavy atom. The highest BCUT2D eigenvalue weighted by atomic mass is 19.1. The average Bonchev–Trinajstić information content (AvgIpc) is 3.22. The molecular weight excluding hydrogens is 409 g/mol.